The minimum atomic E-state index is -3.44. The predicted octanol–water partition coefficient (Wildman–Crippen LogP) is 0.148. The molecule has 1 aromatic carbocycles. The minimum absolute atomic E-state index is 0.239. The van der Waals surface area contributed by atoms with Crippen LogP contribution in [0.2, 0.25) is 0 Å². The fourth-order valence-electron chi connectivity index (χ4n) is 2.08. The van der Waals surface area contributed by atoms with Crippen molar-refractivity contribution in [2.24, 2.45) is 0 Å². The summed E-state index contributed by atoms with van der Waals surface area (Å²) in [6, 6.07) is 6.64. The first kappa shape index (κ1) is 19.8. The van der Waals surface area contributed by atoms with Crippen LogP contribution in [0.1, 0.15) is 13.8 Å². The minimum Gasteiger partial charge on any atom is -0.357 e. The number of likely N-dealkylation sites (N-methyl/N-ethyl adjacent to an activating group) is 1. The van der Waals surface area contributed by atoms with Gasteiger partial charge in [0.2, 0.25) is 10.0 Å². The molecule has 0 atom stereocenters. The molecule has 3 N–H and O–H groups in total. The highest BCUT2D eigenvalue weighted by Gasteiger charge is 2.17. The van der Waals surface area contributed by atoms with Crippen LogP contribution >= 0.6 is 12.2 Å². The third kappa shape index (κ3) is 6.06. The highest BCUT2D eigenvalue weighted by Crippen LogP contribution is 2.17. The van der Waals surface area contributed by atoms with E-state index in [1.807, 2.05) is 0 Å². The Morgan fingerprint density at radius 2 is 1.91 bits per heavy atom. The summed E-state index contributed by atoms with van der Waals surface area (Å²) in [5.41, 5.74) is 0.653. The second-order valence-corrected chi connectivity index (χ2v) is 7.96. The van der Waals surface area contributed by atoms with E-state index in [2.05, 4.69) is 24.5 Å². The Bertz CT molecular complexity index is 614. The highest BCUT2D eigenvalue weighted by atomic mass is 32.2. The van der Waals surface area contributed by atoms with E-state index in [0.29, 0.717) is 10.8 Å². The fourth-order valence-corrected chi connectivity index (χ4v) is 3.24. The lowest BCUT2D eigenvalue weighted by Gasteiger charge is -2.17. The summed E-state index contributed by atoms with van der Waals surface area (Å²) in [4.78, 5) is 1.74. The Balaban J connectivity index is 2.63. The molecule has 130 valence electrons. The van der Waals surface area contributed by atoms with Gasteiger partial charge in [-0.3, -0.25) is 0 Å². The van der Waals surface area contributed by atoms with Crippen LogP contribution in [0.25, 0.3) is 0 Å². The number of quaternary nitrogens is 1. The van der Waals surface area contributed by atoms with E-state index in [-0.39, 0.29) is 4.90 Å². The van der Waals surface area contributed by atoms with Gasteiger partial charge >= 0.3 is 0 Å². The van der Waals surface area contributed by atoms with Gasteiger partial charge in [0.15, 0.2) is 5.11 Å². The molecule has 23 heavy (non-hydrogen) atoms. The van der Waals surface area contributed by atoms with Gasteiger partial charge in [0.25, 0.3) is 0 Å². The molecule has 0 fully saturated rings. The quantitative estimate of drug-likeness (QED) is 0.577. The van der Waals surface area contributed by atoms with Crippen molar-refractivity contribution in [3.05, 3.63) is 24.3 Å². The Kier molecular flexibility index (Phi) is 7.90. The molecule has 1 rings (SSSR count). The SMILES string of the molecule is CC[NH+](CC)CCNC(=S)Nc1cccc(S(=O)(=O)N(C)C)c1. The molecule has 0 heterocycles. The van der Waals surface area contributed by atoms with Gasteiger partial charge in [0.05, 0.1) is 31.1 Å². The lowest BCUT2D eigenvalue weighted by molar-refractivity contribution is -0.895. The molecule has 0 aliphatic carbocycles. The molecular formula is C15H27N4O2S2+. The maximum atomic E-state index is 12.1. The van der Waals surface area contributed by atoms with E-state index in [0.717, 1.165) is 26.2 Å². The zero-order valence-corrected chi connectivity index (χ0v) is 15.9. The molecule has 0 amide bonds. The smallest absolute Gasteiger partial charge is 0.242 e. The van der Waals surface area contributed by atoms with Crippen LogP contribution in [0, 0.1) is 0 Å². The number of hydrogen-bond acceptors (Lipinski definition) is 3. The van der Waals surface area contributed by atoms with Crippen molar-refractivity contribution in [3.8, 4) is 0 Å². The summed E-state index contributed by atoms with van der Waals surface area (Å²) in [5.74, 6) is 0. The summed E-state index contributed by atoms with van der Waals surface area (Å²) in [5, 5.41) is 6.68. The van der Waals surface area contributed by atoms with Gasteiger partial charge in [-0.05, 0) is 44.3 Å². The number of rotatable bonds is 8. The first-order chi connectivity index (χ1) is 10.8. The topological polar surface area (TPSA) is 65.9 Å². The number of sulfonamides is 1. The summed E-state index contributed by atoms with van der Waals surface area (Å²) < 4.78 is 25.4. The van der Waals surface area contributed by atoms with Crippen LogP contribution in [0.3, 0.4) is 0 Å². The van der Waals surface area contributed by atoms with Crippen LogP contribution in [0.5, 0.6) is 0 Å². The molecule has 8 heteroatoms. The van der Waals surface area contributed by atoms with E-state index in [4.69, 9.17) is 12.2 Å². The first-order valence-electron chi connectivity index (χ1n) is 7.72. The number of anilines is 1. The molecule has 0 saturated heterocycles. The average molecular weight is 360 g/mol. The van der Waals surface area contributed by atoms with Crippen LogP contribution in [0.4, 0.5) is 5.69 Å². The second-order valence-electron chi connectivity index (χ2n) is 5.40. The Labute approximate surface area is 144 Å². The van der Waals surface area contributed by atoms with Gasteiger partial charge in [0, 0.05) is 19.8 Å². The second kappa shape index (κ2) is 9.17. The third-order valence-corrected chi connectivity index (χ3v) is 5.69. The zero-order valence-electron chi connectivity index (χ0n) is 14.2. The molecule has 0 aliphatic rings. The maximum absolute atomic E-state index is 12.1. The Morgan fingerprint density at radius 1 is 1.26 bits per heavy atom. The van der Waals surface area contributed by atoms with Crippen LogP contribution < -0.4 is 15.5 Å². The largest absolute Gasteiger partial charge is 0.357 e. The maximum Gasteiger partial charge on any atom is 0.242 e. The zero-order chi connectivity index (χ0) is 17.5. The number of nitrogens with one attached hydrogen (secondary N) is 3. The van der Waals surface area contributed by atoms with Crippen molar-refractivity contribution in [1.82, 2.24) is 9.62 Å². The van der Waals surface area contributed by atoms with Crippen LogP contribution in [0.15, 0.2) is 29.2 Å². The van der Waals surface area contributed by atoms with Gasteiger partial charge in [-0.15, -0.1) is 0 Å². The normalized spacial score (nSPS) is 11.7. The predicted molar refractivity (Wildman–Crippen MR) is 98.4 cm³/mol. The summed E-state index contributed by atoms with van der Waals surface area (Å²) in [6.07, 6.45) is 0. The van der Waals surface area contributed by atoms with E-state index >= 15 is 0 Å². The summed E-state index contributed by atoms with van der Waals surface area (Å²) in [6.45, 7) is 8.26. The standard InChI is InChI=1S/C15H26N4O2S2/c1-5-19(6-2)11-10-16-15(22)17-13-8-7-9-14(12-13)23(20,21)18(3)4/h7-9,12H,5-6,10-11H2,1-4H3,(H2,16,17,22)/p+1. The lowest BCUT2D eigenvalue weighted by atomic mass is 10.3. The molecule has 0 aromatic heterocycles. The van der Waals surface area contributed by atoms with Crippen molar-refractivity contribution in [2.45, 2.75) is 18.7 Å². The van der Waals surface area contributed by atoms with Crippen molar-refractivity contribution >= 4 is 33.0 Å². The van der Waals surface area contributed by atoms with E-state index in [1.54, 1.807) is 24.3 Å². The number of benzene rings is 1. The number of thiocarbonyl (C=S) groups is 1. The summed E-state index contributed by atoms with van der Waals surface area (Å²) in [7, 11) is -0.422. The van der Waals surface area contributed by atoms with Crippen LogP contribution in [-0.4, -0.2) is 58.1 Å². The van der Waals surface area contributed by atoms with Gasteiger partial charge in [-0.1, -0.05) is 6.07 Å². The Morgan fingerprint density at radius 3 is 2.48 bits per heavy atom. The van der Waals surface area contributed by atoms with Gasteiger partial charge < -0.3 is 15.5 Å². The van der Waals surface area contributed by atoms with Gasteiger partial charge in [0.1, 0.15) is 0 Å². The number of hydrogen-bond donors (Lipinski definition) is 3. The van der Waals surface area contributed by atoms with E-state index in [1.165, 1.54) is 23.3 Å². The third-order valence-electron chi connectivity index (χ3n) is 3.63. The van der Waals surface area contributed by atoms with E-state index < -0.39 is 10.0 Å². The molecule has 0 spiro atoms. The van der Waals surface area contributed by atoms with Crippen molar-refractivity contribution < 1.29 is 13.3 Å². The van der Waals surface area contributed by atoms with Crippen molar-refractivity contribution in [1.29, 1.82) is 0 Å². The van der Waals surface area contributed by atoms with Gasteiger partial charge in [-0.25, -0.2) is 12.7 Å². The highest BCUT2D eigenvalue weighted by molar-refractivity contribution is 7.89. The van der Waals surface area contributed by atoms with Gasteiger partial charge in [-0.2, -0.15) is 0 Å². The molecule has 6 nitrogen and oxygen atoms in total. The monoisotopic (exact) mass is 359 g/mol. The molecule has 0 bridgehead atoms. The van der Waals surface area contributed by atoms with Crippen LogP contribution in [-0.2, 0) is 10.0 Å². The first-order valence-corrected chi connectivity index (χ1v) is 9.57. The Hall–Kier alpha value is -1.22. The molecule has 0 unspecified atom stereocenters. The number of nitrogens with zero attached hydrogens (tertiary/aromatic N) is 1. The molecule has 0 aliphatic heterocycles. The molecule has 0 saturated carbocycles. The lowest BCUT2D eigenvalue weighted by Crippen LogP contribution is -3.12. The summed E-state index contributed by atoms with van der Waals surface area (Å²) >= 11 is 5.26. The molecule has 1 aromatic rings. The van der Waals surface area contributed by atoms with Crippen molar-refractivity contribution in [3.63, 3.8) is 0 Å². The molecular weight excluding hydrogens is 332 g/mol. The average Bonchev–Trinajstić information content (AvgIpc) is 2.51. The van der Waals surface area contributed by atoms with Crippen molar-refractivity contribution in [2.75, 3.05) is 45.6 Å². The fraction of sp³-hybridized carbons (Fsp3) is 0.533. The van der Waals surface area contributed by atoms with E-state index in [9.17, 15) is 8.42 Å². The molecule has 0 radical (unpaired) electrons.